The molecular weight excluding hydrogens is 260 g/mol. The van der Waals surface area contributed by atoms with Crippen molar-refractivity contribution in [3.8, 4) is 0 Å². The average molecular weight is 296 g/mol. The predicted octanol–water partition coefficient (Wildman–Crippen LogP) is 4.09. The Morgan fingerprint density at radius 2 is 1.52 bits per heavy atom. The first-order chi connectivity index (χ1) is 10.2. The van der Waals surface area contributed by atoms with Crippen molar-refractivity contribution in [2.45, 2.75) is 66.2 Å². The molecule has 0 aromatic rings. The molecule has 0 saturated heterocycles. The van der Waals surface area contributed by atoms with Crippen LogP contribution in [0.4, 0.5) is 0 Å². The Morgan fingerprint density at radius 1 is 0.857 bits per heavy atom. The van der Waals surface area contributed by atoms with Crippen molar-refractivity contribution < 1.29 is 4.79 Å². The topological polar surface area (TPSA) is 23.6 Å². The molecule has 0 rings (SSSR count). The smallest absolute Gasteiger partial charge is 0.246 e. The van der Waals surface area contributed by atoms with Gasteiger partial charge in [0.25, 0.3) is 0 Å². The van der Waals surface area contributed by atoms with Crippen LogP contribution in [0.5, 0.6) is 0 Å². The zero-order chi connectivity index (χ0) is 15.9. The molecule has 3 heteroatoms. The van der Waals surface area contributed by atoms with Crippen LogP contribution in [0.1, 0.15) is 66.2 Å². The van der Waals surface area contributed by atoms with Gasteiger partial charge in [0.15, 0.2) is 0 Å². The lowest BCUT2D eigenvalue weighted by molar-refractivity contribution is -0.126. The molecular formula is C18H36N2O. The van der Waals surface area contributed by atoms with Crippen LogP contribution in [-0.4, -0.2) is 48.4 Å². The molecule has 0 aliphatic carbocycles. The third-order valence-corrected chi connectivity index (χ3v) is 4.01. The zero-order valence-electron chi connectivity index (χ0n) is 14.7. The van der Waals surface area contributed by atoms with Gasteiger partial charge in [-0.2, -0.15) is 0 Å². The van der Waals surface area contributed by atoms with Crippen molar-refractivity contribution >= 4 is 5.91 Å². The molecule has 0 saturated carbocycles. The first-order valence-corrected chi connectivity index (χ1v) is 8.87. The summed E-state index contributed by atoms with van der Waals surface area (Å²) in [7, 11) is 0. The van der Waals surface area contributed by atoms with Gasteiger partial charge in [0.05, 0.1) is 0 Å². The zero-order valence-corrected chi connectivity index (χ0v) is 14.7. The number of carbonyl (C=O) groups is 1. The van der Waals surface area contributed by atoms with Gasteiger partial charge in [0.2, 0.25) is 5.91 Å². The van der Waals surface area contributed by atoms with Crippen LogP contribution in [0, 0.1) is 0 Å². The standard InChI is InChI=1S/C18H36N2O/c1-5-9-10-11-12-13-14-15-18(21)20(8-4)17-16-19(6-2)7-3/h14-15H,5-13,16-17H2,1-4H3/b15-14+. The van der Waals surface area contributed by atoms with Gasteiger partial charge in [-0.05, 0) is 38.9 Å². The largest absolute Gasteiger partial charge is 0.338 e. The molecule has 0 heterocycles. The fraction of sp³-hybridized carbons (Fsp3) is 0.833. The minimum atomic E-state index is 0.165. The van der Waals surface area contributed by atoms with Gasteiger partial charge >= 0.3 is 0 Å². The molecule has 0 spiro atoms. The molecule has 1 amide bonds. The van der Waals surface area contributed by atoms with Gasteiger partial charge in [0, 0.05) is 19.6 Å². The minimum absolute atomic E-state index is 0.165. The summed E-state index contributed by atoms with van der Waals surface area (Å²) in [5.74, 6) is 0.165. The molecule has 0 fully saturated rings. The highest BCUT2D eigenvalue weighted by atomic mass is 16.2. The van der Waals surface area contributed by atoms with E-state index in [4.69, 9.17) is 0 Å². The fourth-order valence-corrected chi connectivity index (χ4v) is 2.38. The van der Waals surface area contributed by atoms with E-state index in [9.17, 15) is 4.79 Å². The minimum Gasteiger partial charge on any atom is -0.338 e. The number of hydrogen-bond acceptors (Lipinski definition) is 2. The fourth-order valence-electron chi connectivity index (χ4n) is 2.38. The lowest BCUT2D eigenvalue weighted by Gasteiger charge is -2.24. The number of amides is 1. The Labute approximate surface area is 132 Å². The van der Waals surface area contributed by atoms with Crippen molar-refractivity contribution in [3.05, 3.63) is 12.2 Å². The van der Waals surface area contributed by atoms with Crippen LogP contribution < -0.4 is 0 Å². The summed E-state index contributed by atoms with van der Waals surface area (Å²) in [5, 5.41) is 0. The maximum Gasteiger partial charge on any atom is 0.246 e. The van der Waals surface area contributed by atoms with Gasteiger partial charge in [-0.25, -0.2) is 0 Å². The van der Waals surface area contributed by atoms with E-state index in [1.165, 1.54) is 32.1 Å². The van der Waals surface area contributed by atoms with Crippen LogP contribution in [0.25, 0.3) is 0 Å². The summed E-state index contributed by atoms with van der Waals surface area (Å²) in [6.07, 6.45) is 11.3. The maximum absolute atomic E-state index is 12.1. The molecule has 0 radical (unpaired) electrons. The van der Waals surface area contributed by atoms with Gasteiger partial charge in [-0.1, -0.05) is 52.5 Å². The Hall–Kier alpha value is -0.830. The van der Waals surface area contributed by atoms with Crippen molar-refractivity contribution in [2.75, 3.05) is 32.7 Å². The first kappa shape index (κ1) is 20.2. The SMILES string of the molecule is CCCCCCC/C=C/C(=O)N(CC)CCN(CC)CC. The quantitative estimate of drug-likeness (QED) is 0.377. The number of unbranched alkanes of at least 4 members (excludes halogenated alkanes) is 5. The van der Waals surface area contributed by atoms with E-state index in [1.54, 1.807) is 6.08 Å². The number of rotatable bonds is 13. The van der Waals surface area contributed by atoms with Crippen LogP contribution in [0.15, 0.2) is 12.2 Å². The van der Waals surface area contributed by atoms with Crippen LogP contribution in [0.3, 0.4) is 0 Å². The number of allylic oxidation sites excluding steroid dienone is 1. The van der Waals surface area contributed by atoms with Gasteiger partial charge < -0.3 is 9.80 Å². The van der Waals surface area contributed by atoms with E-state index in [1.807, 2.05) is 11.0 Å². The summed E-state index contributed by atoms with van der Waals surface area (Å²) in [6.45, 7) is 13.3. The molecule has 0 atom stereocenters. The Balaban J connectivity index is 3.92. The van der Waals surface area contributed by atoms with Crippen molar-refractivity contribution in [1.29, 1.82) is 0 Å². The highest BCUT2D eigenvalue weighted by molar-refractivity contribution is 5.87. The molecule has 0 bridgehead atoms. The normalized spacial score (nSPS) is 11.5. The summed E-state index contributed by atoms with van der Waals surface area (Å²) in [4.78, 5) is 16.4. The van der Waals surface area contributed by atoms with E-state index < -0.39 is 0 Å². The number of hydrogen-bond donors (Lipinski definition) is 0. The first-order valence-electron chi connectivity index (χ1n) is 8.87. The van der Waals surface area contributed by atoms with Gasteiger partial charge in [0.1, 0.15) is 0 Å². The lowest BCUT2D eigenvalue weighted by Crippen LogP contribution is -2.37. The highest BCUT2D eigenvalue weighted by Gasteiger charge is 2.09. The van der Waals surface area contributed by atoms with Gasteiger partial charge in [-0.3, -0.25) is 4.79 Å². The molecule has 0 N–H and O–H groups in total. The second-order valence-electron chi connectivity index (χ2n) is 5.55. The molecule has 0 aliphatic heterocycles. The Bertz CT molecular complexity index is 272. The van der Waals surface area contributed by atoms with Crippen molar-refractivity contribution in [3.63, 3.8) is 0 Å². The third-order valence-electron chi connectivity index (χ3n) is 4.01. The number of nitrogens with zero attached hydrogens (tertiary/aromatic N) is 2. The second-order valence-corrected chi connectivity index (χ2v) is 5.55. The highest BCUT2D eigenvalue weighted by Crippen LogP contribution is 2.05. The molecule has 0 aromatic heterocycles. The monoisotopic (exact) mass is 296 g/mol. The maximum atomic E-state index is 12.1. The van der Waals surface area contributed by atoms with E-state index in [0.29, 0.717) is 0 Å². The van der Waals surface area contributed by atoms with Crippen molar-refractivity contribution in [1.82, 2.24) is 9.80 Å². The predicted molar refractivity (Wildman–Crippen MR) is 92.6 cm³/mol. The molecule has 0 unspecified atom stereocenters. The second kappa shape index (κ2) is 14.1. The lowest BCUT2D eigenvalue weighted by atomic mass is 10.1. The van der Waals surface area contributed by atoms with E-state index in [0.717, 1.165) is 39.1 Å². The molecule has 0 aromatic carbocycles. The Kier molecular flexibility index (Phi) is 13.6. The van der Waals surface area contributed by atoms with E-state index in [-0.39, 0.29) is 5.91 Å². The summed E-state index contributed by atoms with van der Waals surface area (Å²) < 4.78 is 0. The van der Waals surface area contributed by atoms with Gasteiger partial charge in [-0.15, -0.1) is 0 Å². The van der Waals surface area contributed by atoms with Crippen molar-refractivity contribution in [2.24, 2.45) is 0 Å². The van der Waals surface area contributed by atoms with Crippen LogP contribution in [-0.2, 0) is 4.79 Å². The van der Waals surface area contributed by atoms with Crippen LogP contribution >= 0.6 is 0 Å². The molecule has 124 valence electrons. The van der Waals surface area contributed by atoms with Crippen LogP contribution in [0.2, 0.25) is 0 Å². The summed E-state index contributed by atoms with van der Waals surface area (Å²) in [5.41, 5.74) is 0. The summed E-state index contributed by atoms with van der Waals surface area (Å²) in [6, 6.07) is 0. The number of carbonyl (C=O) groups excluding carboxylic acids is 1. The van der Waals surface area contributed by atoms with E-state index in [2.05, 4.69) is 32.6 Å². The third kappa shape index (κ3) is 10.5. The Morgan fingerprint density at radius 3 is 2.10 bits per heavy atom. The summed E-state index contributed by atoms with van der Waals surface area (Å²) >= 11 is 0. The molecule has 0 aliphatic rings. The molecule has 21 heavy (non-hydrogen) atoms. The number of likely N-dealkylation sites (N-methyl/N-ethyl adjacent to an activating group) is 2. The van der Waals surface area contributed by atoms with E-state index >= 15 is 0 Å². The average Bonchev–Trinajstić information content (AvgIpc) is 2.50. The molecule has 3 nitrogen and oxygen atoms in total.